The number of nitrogens with zero attached hydrogens (tertiary/aromatic N) is 2. The molecule has 1 atom stereocenters. The van der Waals surface area contributed by atoms with Gasteiger partial charge in [-0.15, -0.1) is 4.72 Å². The molecule has 0 radical (unpaired) electrons. The molecule has 1 aromatic rings. The summed E-state index contributed by atoms with van der Waals surface area (Å²) in [5.41, 5.74) is -2.48. The Balaban J connectivity index is 3.17. The van der Waals surface area contributed by atoms with E-state index in [0.717, 1.165) is 18.4 Å². The van der Waals surface area contributed by atoms with Crippen LogP contribution in [0.5, 0.6) is 0 Å². The summed E-state index contributed by atoms with van der Waals surface area (Å²) < 4.78 is 99.1. The van der Waals surface area contributed by atoms with Gasteiger partial charge < -0.3 is 4.90 Å². The van der Waals surface area contributed by atoms with Gasteiger partial charge in [-0.1, -0.05) is 0 Å². The number of nitrogens with one attached hydrogen (secondary N) is 1. The topological polar surface area (TPSA) is 76.4 Å². The van der Waals surface area contributed by atoms with E-state index < -0.39 is 52.7 Å². The Bertz CT molecular complexity index is 692. The molecule has 0 spiro atoms. The van der Waals surface area contributed by atoms with E-state index in [1.807, 2.05) is 0 Å². The van der Waals surface area contributed by atoms with Crippen molar-refractivity contribution < 1.29 is 35.1 Å². The van der Waals surface area contributed by atoms with E-state index in [0.29, 0.717) is 11.0 Å². The molecule has 0 bridgehead atoms. The number of alkyl halides is 6. The Morgan fingerprint density at radius 3 is 2.32 bits per heavy atom. The lowest BCUT2D eigenvalue weighted by atomic mass is 10.1. The molecule has 5 nitrogen and oxygen atoms in total. The molecule has 0 aliphatic rings. The van der Waals surface area contributed by atoms with Gasteiger partial charge in [-0.3, -0.25) is 0 Å². The van der Waals surface area contributed by atoms with Crippen LogP contribution in [0.15, 0.2) is 18.2 Å². The largest absolute Gasteiger partial charge is 0.417 e. The summed E-state index contributed by atoms with van der Waals surface area (Å²) in [5.74, 6) is 0. The van der Waals surface area contributed by atoms with Crippen molar-refractivity contribution in [2.45, 2.75) is 12.4 Å². The number of halogens is 6. The molecular formula is C13H14F6N3O2S+. The molecule has 1 unspecified atom stereocenters. The van der Waals surface area contributed by atoms with Gasteiger partial charge >= 0.3 is 12.4 Å². The zero-order valence-corrected chi connectivity index (χ0v) is 13.6. The lowest BCUT2D eigenvalue weighted by molar-refractivity contribution is -0.137. The van der Waals surface area contributed by atoms with Crippen molar-refractivity contribution >= 4 is 16.1 Å². The van der Waals surface area contributed by atoms with Crippen molar-refractivity contribution in [3.8, 4) is 6.07 Å². The zero-order valence-electron chi connectivity index (χ0n) is 12.8. The Morgan fingerprint density at radius 2 is 1.88 bits per heavy atom. The van der Waals surface area contributed by atoms with Crippen LogP contribution in [0.4, 0.5) is 32.0 Å². The SMILES string of the molecule is C[S+](=O)(O)NCCN(CC(F)(F)F)c1ccc(C#N)c(C(F)(F)F)c1. The van der Waals surface area contributed by atoms with Crippen LogP contribution in [-0.4, -0.2) is 36.6 Å². The van der Waals surface area contributed by atoms with Gasteiger partial charge in [0.2, 0.25) is 0 Å². The first-order valence-electron chi connectivity index (χ1n) is 6.62. The molecule has 0 aromatic heterocycles. The van der Waals surface area contributed by atoms with Gasteiger partial charge in [0.1, 0.15) is 6.54 Å². The number of benzene rings is 1. The molecule has 0 fully saturated rings. The summed E-state index contributed by atoms with van der Waals surface area (Å²) in [7, 11) is -3.42. The van der Waals surface area contributed by atoms with Crippen molar-refractivity contribution in [3.63, 3.8) is 0 Å². The van der Waals surface area contributed by atoms with Crippen LogP contribution >= 0.6 is 0 Å². The Morgan fingerprint density at radius 1 is 1.28 bits per heavy atom. The summed E-state index contributed by atoms with van der Waals surface area (Å²) in [4.78, 5) is 0.578. The van der Waals surface area contributed by atoms with Crippen molar-refractivity contribution in [3.05, 3.63) is 29.3 Å². The lowest BCUT2D eigenvalue weighted by Gasteiger charge is -2.26. The average Bonchev–Trinajstić information content (AvgIpc) is 2.42. The first kappa shape index (κ1) is 21.2. The molecule has 1 aromatic carbocycles. The lowest BCUT2D eigenvalue weighted by Crippen LogP contribution is -2.41. The fraction of sp³-hybridized carbons (Fsp3) is 0.462. The molecule has 0 saturated carbocycles. The third kappa shape index (κ3) is 7.29. The highest BCUT2D eigenvalue weighted by molar-refractivity contribution is 7.95. The summed E-state index contributed by atoms with van der Waals surface area (Å²) in [5, 5.41) is 8.72. The quantitative estimate of drug-likeness (QED) is 0.578. The van der Waals surface area contributed by atoms with Crippen LogP contribution in [0.2, 0.25) is 0 Å². The van der Waals surface area contributed by atoms with E-state index in [1.165, 1.54) is 6.07 Å². The van der Waals surface area contributed by atoms with Crippen LogP contribution in [-0.2, 0) is 20.8 Å². The second-order valence-corrected chi connectivity index (χ2v) is 6.97. The van der Waals surface area contributed by atoms with Crippen LogP contribution in [0.1, 0.15) is 11.1 Å². The smallest absolute Gasteiger partial charge is 0.361 e. The van der Waals surface area contributed by atoms with Crippen LogP contribution in [0.25, 0.3) is 0 Å². The van der Waals surface area contributed by atoms with Crippen molar-refractivity contribution in [1.29, 1.82) is 5.26 Å². The van der Waals surface area contributed by atoms with Crippen LogP contribution in [0, 0.1) is 11.3 Å². The van der Waals surface area contributed by atoms with Gasteiger partial charge in [-0.2, -0.15) is 36.2 Å². The van der Waals surface area contributed by atoms with E-state index in [9.17, 15) is 30.6 Å². The minimum atomic E-state index is -4.91. The monoisotopic (exact) mass is 390 g/mol. The highest BCUT2D eigenvalue weighted by atomic mass is 32.3. The fourth-order valence-electron chi connectivity index (χ4n) is 1.95. The summed E-state index contributed by atoms with van der Waals surface area (Å²) >= 11 is 0. The highest BCUT2D eigenvalue weighted by Crippen LogP contribution is 2.35. The van der Waals surface area contributed by atoms with Gasteiger partial charge in [0.05, 0.1) is 23.7 Å². The first-order valence-corrected chi connectivity index (χ1v) is 8.54. The van der Waals surface area contributed by atoms with Crippen molar-refractivity contribution in [2.24, 2.45) is 0 Å². The van der Waals surface area contributed by atoms with Gasteiger partial charge in [0, 0.05) is 12.2 Å². The van der Waals surface area contributed by atoms with Gasteiger partial charge in [0.25, 0.3) is 10.4 Å². The van der Waals surface area contributed by atoms with E-state index in [-0.39, 0.29) is 6.54 Å². The fourth-order valence-corrected chi connectivity index (χ4v) is 2.42. The predicted molar refractivity (Wildman–Crippen MR) is 79.0 cm³/mol. The number of rotatable bonds is 6. The number of nitriles is 1. The van der Waals surface area contributed by atoms with E-state index in [1.54, 1.807) is 0 Å². The standard InChI is InChI=1S/C13H13F6N3O2S/c1-25(23,24)21-4-5-22(8-12(14,15)16)10-3-2-9(7-20)11(6-10)13(17,18)19/h2-3,6H,4-5,8H2,1H3,(H-,21,23,24)/p+1. The molecule has 25 heavy (non-hydrogen) atoms. The highest BCUT2D eigenvalue weighted by Gasteiger charge is 2.36. The molecule has 140 valence electrons. The van der Waals surface area contributed by atoms with Crippen molar-refractivity contribution in [1.82, 2.24) is 4.72 Å². The predicted octanol–water partition coefficient (Wildman–Crippen LogP) is 3.05. The molecule has 0 saturated heterocycles. The average molecular weight is 390 g/mol. The summed E-state index contributed by atoms with van der Waals surface area (Å²) in [6.45, 7) is -2.41. The molecular weight excluding hydrogens is 376 g/mol. The third-order valence-corrected chi connectivity index (χ3v) is 3.66. The van der Waals surface area contributed by atoms with Gasteiger partial charge in [-0.05, 0) is 22.4 Å². The second kappa shape index (κ2) is 7.59. The maximum atomic E-state index is 12.9. The molecule has 0 aliphatic carbocycles. The summed E-state index contributed by atoms with van der Waals surface area (Å²) in [6.07, 6.45) is -8.71. The van der Waals surface area contributed by atoms with Gasteiger partial charge in [-0.25, -0.2) is 0 Å². The minimum Gasteiger partial charge on any atom is -0.361 e. The molecule has 1 rings (SSSR count). The van der Waals surface area contributed by atoms with E-state index in [4.69, 9.17) is 9.81 Å². The molecule has 0 amide bonds. The molecule has 2 N–H and O–H groups in total. The Labute approximate surface area is 140 Å². The zero-order chi connectivity index (χ0) is 19.5. The normalized spacial score (nSPS) is 14.7. The van der Waals surface area contributed by atoms with Crippen molar-refractivity contribution in [2.75, 3.05) is 30.8 Å². The minimum absolute atomic E-state index is 0.372. The number of hydrogen-bond acceptors (Lipinski definition) is 3. The van der Waals surface area contributed by atoms with E-state index in [2.05, 4.69) is 4.72 Å². The second-order valence-electron chi connectivity index (χ2n) is 5.07. The maximum absolute atomic E-state index is 12.9. The number of hydrogen-bond donors (Lipinski definition) is 2. The van der Waals surface area contributed by atoms with E-state index >= 15 is 0 Å². The van der Waals surface area contributed by atoms with Crippen LogP contribution in [0.3, 0.4) is 0 Å². The molecule has 0 heterocycles. The molecule has 0 aliphatic heterocycles. The third-order valence-electron chi connectivity index (χ3n) is 2.92. The first-order chi connectivity index (χ1) is 11.2. The number of anilines is 1. The van der Waals surface area contributed by atoms with Crippen LogP contribution < -0.4 is 9.62 Å². The molecule has 12 heteroatoms. The Hall–Kier alpha value is -1.84. The Kier molecular flexibility index (Phi) is 6.44. The maximum Gasteiger partial charge on any atom is 0.417 e. The van der Waals surface area contributed by atoms with Gasteiger partial charge in [0.15, 0.2) is 6.26 Å². The summed E-state index contributed by atoms with van der Waals surface area (Å²) in [6, 6.07) is 3.53.